The number of carbonyl (C=O) groups is 1. The Kier molecular flexibility index (Phi) is 5.13. The minimum absolute atomic E-state index is 0.281. The van der Waals surface area contributed by atoms with Gasteiger partial charge in [0, 0.05) is 27.4 Å². The second kappa shape index (κ2) is 6.84. The van der Waals surface area contributed by atoms with Crippen LogP contribution in [0.1, 0.15) is 4.88 Å². The Morgan fingerprint density at radius 1 is 1.42 bits per heavy atom. The summed E-state index contributed by atoms with van der Waals surface area (Å²) in [6.07, 6.45) is 0. The highest BCUT2D eigenvalue weighted by atomic mass is 35.5. The maximum Gasteiger partial charge on any atom is 0.227 e. The molecule has 0 unspecified atom stereocenters. The summed E-state index contributed by atoms with van der Waals surface area (Å²) in [4.78, 5) is 13.0. The predicted octanol–water partition coefficient (Wildman–Crippen LogP) is 3.59. The summed E-state index contributed by atoms with van der Waals surface area (Å²) in [5, 5.41) is 6.02. The van der Waals surface area contributed by atoms with Crippen LogP contribution in [0.2, 0.25) is 5.02 Å². The van der Waals surface area contributed by atoms with Crippen molar-refractivity contribution in [1.29, 1.82) is 0 Å². The van der Waals surface area contributed by atoms with E-state index in [1.165, 1.54) is 16.6 Å². The van der Waals surface area contributed by atoms with Gasteiger partial charge in [-0.1, -0.05) is 23.7 Å². The lowest BCUT2D eigenvalue weighted by molar-refractivity contribution is -0.115. The molecule has 0 radical (unpaired) electrons. The second-order valence-electron chi connectivity index (χ2n) is 3.84. The molecule has 0 aliphatic carbocycles. The SMILES string of the molecule is NC(=O)CSc1ccccc1NCc1cc(Cl)cs1. The van der Waals surface area contributed by atoms with Crippen LogP contribution >= 0.6 is 34.7 Å². The first-order valence-corrected chi connectivity index (χ1v) is 7.86. The van der Waals surface area contributed by atoms with Crippen molar-refractivity contribution in [3.63, 3.8) is 0 Å². The van der Waals surface area contributed by atoms with E-state index in [1.54, 1.807) is 11.3 Å². The summed E-state index contributed by atoms with van der Waals surface area (Å²) in [5.41, 5.74) is 6.16. The summed E-state index contributed by atoms with van der Waals surface area (Å²) in [7, 11) is 0. The minimum atomic E-state index is -0.315. The first-order chi connectivity index (χ1) is 9.15. The molecule has 0 saturated carbocycles. The van der Waals surface area contributed by atoms with E-state index in [2.05, 4.69) is 5.32 Å². The number of rotatable bonds is 6. The topological polar surface area (TPSA) is 55.1 Å². The molecule has 3 nitrogen and oxygen atoms in total. The first kappa shape index (κ1) is 14.2. The molecule has 0 spiro atoms. The summed E-state index contributed by atoms with van der Waals surface area (Å²) >= 11 is 8.94. The van der Waals surface area contributed by atoms with Crippen LogP contribution in [0.4, 0.5) is 5.69 Å². The van der Waals surface area contributed by atoms with Gasteiger partial charge in [-0.2, -0.15) is 0 Å². The quantitative estimate of drug-likeness (QED) is 0.801. The van der Waals surface area contributed by atoms with Gasteiger partial charge >= 0.3 is 0 Å². The summed E-state index contributed by atoms with van der Waals surface area (Å²) in [6.45, 7) is 0.714. The molecular formula is C13H13ClN2OS2. The van der Waals surface area contributed by atoms with Crippen molar-refractivity contribution in [3.8, 4) is 0 Å². The molecule has 0 saturated heterocycles. The van der Waals surface area contributed by atoms with Gasteiger partial charge in [-0.05, 0) is 18.2 Å². The van der Waals surface area contributed by atoms with Crippen molar-refractivity contribution in [2.75, 3.05) is 11.1 Å². The van der Waals surface area contributed by atoms with E-state index >= 15 is 0 Å². The van der Waals surface area contributed by atoms with E-state index in [0.717, 1.165) is 15.6 Å². The minimum Gasteiger partial charge on any atom is -0.379 e. The van der Waals surface area contributed by atoms with Crippen LogP contribution in [-0.4, -0.2) is 11.7 Å². The molecule has 0 aliphatic heterocycles. The van der Waals surface area contributed by atoms with Crippen LogP contribution in [0.3, 0.4) is 0 Å². The van der Waals surface area contributed by atoms with Gasteiger partial charge in [0.15, 0.2) is 0 Å². The number of primary amides is 1. The number of benzene rings is 1. The van der Waals surface area contributed by atoms with Gasteiger partial charge in [-0.25, -0.2) is 0 Å². The number of hydrogen-bond acceptors (Lipinski definition) is 4. The van der Waals surface area contributed by atoms with Gasteiger partial charge in [0.2, 0.25) is 5.91 Å². The third-order valence-corrected chi connectivity index (χ3v) is 4.71. The van der Waals surface area contributed by atoms with Crippen molar-refractivity contribution < 1.29 is 4.79 Å². The standard InChI is InChI=1S/C13H13ClN2OS2/c14-9-5-10(18-7-9)6-16-11-3-1-2-4-12(11)19-8-13(15)17/h1-5,7,16H,6,8H2,(H2,15,17). The summed E-state index contributed by atoms with van der Waals surface area (Å²) in [6, 6.07) is 9.79. The molecule has 1 aromatic heterocycles. The van der Waals surface area contributed by atoms with E-state index in [0.29, 0.717) is 6.54 Å². The fourth-order valence-electron chi connectivity index (χ4n) is 1.52. The Morgan fingerprint density at radius 2 is 2.21 bits per heavy atom. The Balaban J connectivity index is 2.01. The second-order valence-corrected chi connectivity index (χ2v) is 6.29. The fraction of sp³-hybridized carbons (Fsp3) is 0.154. The van der Waals surface area contributed by atoms with Crippen LogP contribution < -0.4 is 11.1 Å². The molecule has 6 heteroatoms. The van der Waals surface area contributed by atoms with Crippen LogP contribution in [0, 0.1) is 0 Å². The van der Waals surface area contributed by atoms with E-state index < -0.39 is 0 Å². The number of anilines is 1. The molecule has 100 valence electrons. The van der Waals surface area contributed by atoms with Crippen molar-refractivity contribution in [3.05, 3.63) is 45.6 Å². The lowest BCUT2D eigenvalue weighted by atomic mass is 10.3. The molecular weight excluding hydrogens is 300 g/mol. The Labute approximate surface area is 125 Å². The zero-order chi connectivity index (χ0) is 13.7. The molecule has 0 aliphatic rings. The van der Waals surface area contributed by atoms with Crippen molar-refractivity contribution in [1.82, 2.24) is 0 Å². The average molecular weight is 313 g/mol. The highest BCUT2D eigenvalue weighted by Gasteiger charge is 2.05. The lowest BCUT2D eigenvalue weighted by Gasteiger charge is -2.10. The van der Waals surface area contributed by atoms with E-state index in [-0.39, 0.29) is 11.7 Å². The third kappa shape index (κ3) is 4.45. The molecule has 0 atom stereocenters. The Hall–Kier alpha value is -1.17. The average Bonchev–Trinajstić information content (AvgIpc) is 2.80. The monoisotopic (exact) mass is 312 g/mol. The number of hydrogen-bond donors (Lipinski definition) is 2. The van der Waals surface area contributed by atoms with E-state index in [1.807, 2.05) is 35.7 Å². The number of carbonyl (C=O) groups excluding carboxylic acids is 1. The number of nitrogens with one attached hydrogen (secondary N) is 1. The van der Waals surface area contributed by atoms with Crippen LogP contribution in [0.15, 0.2) is 40.6 Å². The van der Waals surface area contributed by atoms with Gasteiger partial charge in [0.1, 0.15) is 0 Å². The molecule has 1 heterocycles. The smallest absolute Gasteiger partial charge is 0.227 e. The Morgan fingerprint density at radius 3 is 2.89 bits per heavy atom. The maximum absolute atomic E-state index is 10.8. The Bertz CT molecular complexity index is 571. The first-order valence-electron chi connectivity index (χ1n) is 5.62. The predicted molar refractivity (Wildman–Crippen MR) is 83.0 cm³/mol. The van der Waals surface area contributed by atoms with Gasteiger partial charge in [0.25, 0.3) is 0 Å². The van der Waals surface area contributed by atoms with Crippen molar-refractivity contribution in [2.24, 2.45) is 5.73 Å². The number of para-hydroxylation sites is 1. The largest absolute Gasteiger partial charge is 0.379 e. The van der Waals surface area contributed by atoms with Gasteiger partial charge in [0.05, 0.1) is 10.8 Å². The van der Waals surface area contributed by atoms with Crippen molar-refractivity contribution in [2.45, 2.75) is 11.4 Å². The summed E-state index contributed by atoms with van der Waals surface area (Å²) < 4.78 is 0. The molecule has 19 heavy (non-hydrogen) atoms. The summed E-state index contributed by atoms with van der Waals surface area (Å²) in [5.74, 6) is -0.0337. The van der Waals surface area contributed by atoms with Gasteiger partial charge in [-0.3, -0.25) is 4.79 Å². The van der Waals surface area contributed by atoms with Gasteiger partial charge < -0.3 is 11.1 Å². The zero-order valence-electron chi connectivity index (χ0n) is 10.1. The number of halogens is 1. The molecule has 2 rings (SSSR count). The zero-order valence-corrected chi connectivity index (χ0v) is 12.4. The van der Waals surface area contributed by atoms with E-state index in [4.69, 9.17) is 17.3 Å². The number of nitrogens with two attached hydrogens (primary N) is 1. The third-order valence-electron chi connectivity index (χ3n) is 2.33. The van der Waals surface area contributed by atoms with E-state index in [9.17, 15) is 4.79 Å². The lowest BCUT2D eigenvalue weighted by Crippen LogP contribution is -2.13. The van der Waals surface area contributed by atoms with Crippen molar-refractivity contribution >= 4 is 46.3 Å². The van der Waals surface area contributed by atoms with Crippen LogP contribution in [-0.2, 0) is 11.3 Å². The maximum atomic E-state index is 10.8. The molecule has 0 fully saturated rings. The molecule has 3 N–H and O–H groups in total. The molecule has 0 bridgehead atoms. The normalized spacial score (nSPS) is 10.4. The molecule has 1 aromatic carbocycles. The molecule has 1 amide bonds. The fourth-order valence-corrected chi connectivity index (χ4v) is 3.30. The highest BCUT2D eigenvalue weighted by molar-refractivity contribution is 8.00. The van der Waals surface area contributed by atoms with Gasteiger partial charge in [-0.15, -0.1) is 23.1 Å². The highest BCUT2D eigenvalue weighted by Crippen LogP contribution is 2.28. The number of thioether (sulfide) groups is 1. The number of amides is 1. The number of thiophene rings is 1. The van der Waals surface area contributed by atoms with Crippen LogP contribution in [0.25, 0.3) is 0 Å². The van der Waals surface area contributed by atoms with Crippen LogP contribution in [0.5, 0.6) is 0 Å². The molecule has 2 aromatic rings.